The first kappa shape index (κ1) is 19.0. The molecule has 0 N–H and O–H groups in total. The molecular formula is C20H28N4OS2. The fourth-order valence-corrected chi connectivity index (χ4v) is 5.65. The average Bonchev–Trinajstić information content (AvgIpc) is 3.24. The lowest BCUT2D eigenvalue weighted by Gasteiger charge is -2.33. The van der Waals surface area contributed by atoms with Crippen molar-refractivity contribution in [3.63, 3.8) is 0 Å². The summed E-state index contributed by atoms with van der Waals surface area (Å²) in [5.41, 5.74) is 0. The number of thiophene rings is 1. The number of aromatic nitrogens is 3. The van der Waals surface area contributed by atoms with Crippen LogP contribution in [0.1, 0.15) is 68.6 Å². The van der Waals surface area contributed by atoms with Gasteiger partial charge < -0.3 is 9.47 Å². The standard InChI is InChI=1S/C20H28N4OS2/c1-2-23(15-7-4-3-5-8-15)19(25)14-27-20-22-21-18(24(20)16-10-11-16)13-17-9-6-12-26-17/h6,9,12,15-16H,2-5,7-8,10-11,13-14H2,1H3. The molecule has 0 saturated heterocycles. The Morgan fingerprint density at radius 2 is 2.07 bits per heavy atom. The minimum atomic E-state index is 0.250. The first-order valence-corrected chi connectivity index (χ1v) is 12.0. The van der Waals surface area contributed by atoms with Crippen LogP contribution in [0.3, 0.4) is 0 Å². The van der Waals surface area contributed by atoms with Gasteiger partial charge in [0.1, 0.15) is 5.82 Å². The summed E-state index contributed by atoms with van der Waals surface area (Å²) < 4.78 is 2.29. The van der Waals surface area contributed by atoms with Crippen molar-refractivity contribution in [3.8, 4) is 0 Å². The van der Waals surface area contributed by atoms with Gasteiger partial charge in [0.05, 0.1) is 5.75 Å². The van der Waals surface area contributed by atoms with Crippen molar-refractivity contribution in [1.29, 1.82) is 0 Å². The molecule has 0 aliphatic heterocycles. The number of hydrogen-bond acceptors (Lipinski definition) is 5. The highest BCUT2D eigenvalue weighted by molar-refractivity contribution is 7.99. The van der Waals surface area contributed by atoms with Crippen molar-refractivity contribution in [3.05, 3.63) is 28.2 Å². The molecule has 0 atom stereocenters. The fraction of sp³-hybridized carbons (Fsp3) is 0.650. The third kappa shape index (κ3) is 4.57. The summed E-state index contributed by atoms with van der Waals surface area (Å²) in [5.74, 6) is 1.75. The third-order valence-corrected chi connectivity index (χ3v) is 7.37. The van der Waals surface area contributed by atoms with E-state index in [1.54, 1.807) is 23.1 Å². The Balaban J connectivity index is 1.41. The van der Waals surface area contributed by atoms with Gasteiger partial charge >= 0.3 is 0 Å². The van der Waals surface area contributed by atoms with E-state index in [2.05, 4.69) is 44.1 Å². The molecule has 146 valence electrons. The molecule has 1 amide bonds. The number of nitrogens with zero attached hydrogens (tertiary/aromatic N) is 4. The number of carbonyl (C=O) groups excluding carboxylic acids is 1. The fourth-order valence-electron chi connectivity index (χ4n) is 4.03. The van der Waals surface area contributed by atoms with Gasteiger partial charge in [0, 0.05) is 29.9 Å². The minimum absolute atomic E-state index is 0.250. The van der Waals surface area contributed by atoms with Crippen molar-refractivity contribution >= 4 is 29.0 Å². The summed E-state index contributed by atoms with van der Waals surface area (Å²) in [7, 11) is 0. The number of carbonyl (C=O) groups is 1. The second kappa shape index (κ2) is 8.78. The van der Waals surface area contributed by atoms with Crippen molar-refractivity contribution < 1.29 is 4.79 Å². The Hall–Kier alpha value is -1.34. The summed E-state index contributed by atoms with van der Waals surface area (Å²) in [4.78, 5) is 16.3. The van der Waals surface area contributed by atoms with E-state index in [-0.39, 0.29) is 5.91 Å². The number of thioether (sulfide) groups is 1. The van der Waals surface area contributed by atoms with E-state index in [1.165, 1.54) is 37.0 Å². The molecule has 0 unspecified atom stereocenters. The van der Waals surface area contributed by atoms with Gasteiger partial charge in [0.2, 0.25) is 5.91 Å². The lowest BCUT2D eigenvalue weighted by Crippen LogP contribution is -2.42. The predicted molar refractivity (Wildman–Crippen MR) is 110 cm³/mol. The van der Waals surface area contributed by atoms with E-state index < -0.39 is 0 Å². The molecule has 2 aliphatic carbocycles. The zero-order valence-corrected chi connectivity index (χ0v) is 17.6. The van der Waals surface area contributed by atoms with E-state index in [0.717, 1.165) is 36.8 Å². The van der Waals surface area contributed by atoms with Gasteiger partial charge in [-0.3, -0.25) is 4.79 Å². The van der Waals surface area contributed by atoms with Gasteiger partial charge in [0.15, 0.2) is 5.16 Å². The topological polar surface area (TPSA) is 51.0 Å². The molecule has 0 bridgehead atoms. The molecule has 2 aromatic rings. The highest BCUT2D eigenvalue weighted by Crippen LogP contribution is 2.39. The maximum atomic E-state index is 12.9. The summed E-state index contributed by atoms with van der Waals surface area (Å²) in [6.45, 7) is 2.91. The van der Waals surface area contributed by atoms with E-state index in [9.17, 15) is 4.79 Å². The lowest BCUT2D eigenvalue weighted by molar-refractivity contribution is -0.131. The van der Waals surface area contributed by atoms with Gasteiger partial charge in [-0.05, 0) is 44.1 Å². The van der Waals surface area contributed by atoms with Crippen LogP contribution < -0.4 is 0 Å². The van der Waals surface area contributed by atoms with Crippen LogP contribution in [0.5, 0.6) is 0 Å². The van der Waals surface area contributed by atoms with E-state index in [4.69, 9.17) is 0 Å². The quantitative estimate of drug-likeness (QED) is 0.606. The largest absolute Gasteiger partial charge is 0.339 e. The molecule has 0 radical (unpaired) electrons. The van der Waals surface area contributed by atoms with Crippen molar-refractivity contribution in [2.45, 2.75) is 75.5 Å². The van der Waals surface area contributed by atoms with Crippen molar-refractivity contribution in [2.24, 2.45) is 0 Å². The minimum Gasteiger partial charge on any atom is -0.339 e. The Kier molecular flexibility index (Phi) is 6.18. The molecule has 5 nitrogen and oxygen atoms in total. The van der Waals surface area contributed by atoms with Crippen LogP contribution in [0.4, 0.5) is 0 Å². The van der Waals surface area contributed by atoms with E-state index in [0.29, 0.717) is 17.8 Å². The van der Waals surface area contributed by atoms with E-state index >= 15 is 0 Å². The second-order valence-electron chi connectivity index (χ2n) is 7.52. The zero-order chi connectivity index (χ0) is 18.6. The first-order valence-electron chi connectivity index (χ1n) is 10.1. The van der Waals surface area contributed by atoms with Gasteiger partial charge in [-0.1, -0.05) is 37.1 Å². The van der Waals surface area contributed by atoms with Gasteiger partial charge in [0.25, 0.3) is 0 Å². The Bertz CT molecular complexity index is 748. The van der Waals surface area contributed by atoms with Crippen LogP contribution in [0.2, 0.25) is 0 Å². The predicted octanol–water partition coefficient (Wildman–Crippen LogP) is 4.54. The van der Waals surface area contributed by atoms with Crippen LogP contribution in [0.25, 0.3) is 0 Å². The summed E-state index contributed by atoms with van der Waals surface area (Å²) in [6.07, 6.45) is 9.36. The first-order chi connectivity index (χ1) is 13.3. The lowest BCUT2D eigenvalue weighted by atomic mass is 9.94. The second-order valence-corrected chi connectivity index (χ2v) is 9.49. The van der Waals surface area contributed by atoms with Crippen molar-refractivity contribution in [1.82, 2.24) is 19.7 Å². The van der Waals surface area contributed by atoms with Crippen LogP contribution in [-0.4, -0.2) is 43.9 Å². The van der Waals surface area contributed by atoms with Gasteiger partial charge in [-0.2, -0.15) is 0 Å². The molecule has 2 aromatic heterocycles. The molecule has 2 aliphatic rings. The molecule has 0 aromatic carbocycles. The van der Waals surface area contributed by atoms with Crippen LogP contribution in [0.15, 0.2) is 22.7 Å². The maximum Gasteiger partial charge on any atom is 0.233 e. The Labute approximate surface area is 169 Å². The van der Waals surface area contributed by atoms with Gasteiger partial charge in [-0.25, -0.2) is 0 Å². The highest BCUT2D eigenvalue weighted by atomic mass is 32.2. The van der Waals surface area contributed by atoms with Crippen LogP contribution in [-0.2, 0) is 11.2 Å². The number of hydrogen-bond donors (Lipinski definition) is 0. The molecule has 4 rings (SSSR count). The summed E-state index contributed by atoms with van der Waals surface area (Å²) >= 11 is 3.33. The molecule has 0 spiro atoms. The third-order valence-electron chi connectivity index (χ3n) is 5.56. The Morgan fingerprint density at radius 1 is 1.26 bits per heavy atom. The molecule has 27 heavy (non-hydrogen) atoms. The molecule has 2 saturated carbocycles. The average molecular weight is 405 g/mol. The normalized spacial score (nSPS) is 18.0. The molecule has 7 heteroatoms. The smallest absolute Gasteiger partial charge is 0.233 e. The molecular weight excluding hydrogens is 376 g/mol. The van der Waals surface area contributed by atoms with Crippen LogP contribution >= 0.6 is 23.1 Å². The Morgan fingerprint density at radius 3 is 2.74 bits per heavy atom. The van der Waals surface area contributed by atoms with Crippen LogP contribution in [0, 0.1) is 0 Å². The highest BCUT2D eigenvalue weighted by Gasteiger charge is 2.30. The SMILES string of the molecule is CCN(C(=O)CSc1nnc(Cc2cccs2)n1C1CC1)C1CCCCC1. The van der Waals surface area contributed by atoms with E-state index in [1.807, 2.05) is 0 Å². The summed E-state index contributed by atoms with van der Waals surface area (Å²) in [5, 5.41) is 11.9. The maximum absolute atomic E-state index is 12.9. The number of amides is 1. The number of rotatable bonds is 8. The molecule has 2 heterocycles. The summed E-state index contributed by atoms with van der Waals surface area (Å²) in [6, 6.07) is 5.19. The zero-order valence-electron chi connectivity index (χ0n) is 16.0. The monoisotopic (exact) mass is 404 g/mol. The van der Waals surface area contributed by atoms with Crippen molar-refractivity contribution in [2.75, 3.05) is 12.3 Å². The molecule has 2 fully saturated rings. The van der Waals surface area contributed by atoms with Gasteiger partial charge in [-0.15, -0.1) is 21.5 Å².